The second kappa shape index (κ2) is 12.9. The first-order valence-corrected chi connectivity index (χ1v) is 12.9. The number of benzene rings is 3. The molecule has 3 aromatic rings. The van der Waals surface area contributed by atoms with Gasteiger partial charge < -0.3 is 24.3 Å². The number of imide groups is 1. The van der Waals surface area contributed by atoms with E-state index in [0.29, 0.717) is 39.2 Å². The molecule has 1 heterocycles. The predicted molar refractivity (Wildman–Crippen MR) is 149 cm³/mol. The molecule has 0 spiro atoms. The van der Waals surface area contributed by atoms with Crippen LogP contribution < -0.4 is 24.3 Å². The van der Waals surface area contributed by atoms with Gasteiger partial charge in [0.2, 0.25) is 0 Å². The van der Waals surface area contributed by atoms with Gasteiger partial charge in [-0.15, -0.1) is 0 Å². The average molecular weight is 549 g/mol. The molecule has 9 nitrogen and oxygen atoms in total. The van der Waals surface area contributed by atoms with Crippen LogP contribution in [0, 0.1) is 6.92 Å². The lowest BCUT2D eigenvalue weighted by Gasteiger charge is -2.13. The molecule has 3 amide bonds. The van der Waals surface area contributed by atoms with Crippen LogP contribution in [0.1, 0.15) is 11.1 Å². The van der Waals surface area contributed by atoms with E-state index in [9.17, 15) is 14.4 Å². The van der Waals surface area contributed by atoms with Gasteiger partial charge in [0.05, 0.1) is 31.4 Å². The van der Waals surface area contributed by atoms with Gasteiger partial charge in [-0.25, -0.2) is 0 Å². The third-order valence-corrected chi connectivity index (χ3v) is 6.61. The lowest BCUT2D eigenvalue weighted by Crippen LogP contribution is -2.32. The number of rotatable bonds is 11. The maximum Gasteiger partial charge on any atom is 0.293 e. The van der Waals surface area contributed by atoms with E-state index in [4.69, 9.17) is 18.9 Å². The zero-order valence-corrected chi connectivity index (χ0v) is 22.6. The van der Waals surface area contributed by atoms with Crippen molar-refractivity contribution in [1.29, 1.82) is 0 Å². The zero-order chi connectivity index (χ0) is 27.8. The largest absolute Gasteiger partial charge is 0.495 e. The van der Waals surface area contributed by atoms with Gasteiger partial charge in [-0.3, -0.25) is 19.3 Å². The van der Waals surface area contributed by atoms with Crippen LogP contribution in [0.3, 0.4) is 0 Å². The van der Waals surface area contributed by atoms with Crippen LogP contribution in [0.2, 0.25) is 0 Å². The SMILES string of the molecule is COc1ccccc1NC(=O)COc1ccc(/C=C2\SC(=O)N(CCOc3ccc(C)cc3)C2=O)cc1OC. The van der Waals surface area contributed by atoms with Crippen molar-refractivity contribution in [2.24, 2.45) is 0 Å². The van der Waals surface area contributed by atoms with Gasteiger partial charge in [-0.05, 0) is 66.7 Å². The van der Waals surface area contributed by atoms with Crippen LogP contribution in [0.5, 0.6) is 23.0 Å². The Bertz CT molecular complexity index is 1390. The van der Waals surface area contributed by atoms with E-state index in [1.807, 2.05) is 31.2 Å². The van der Waals surface area contributed by atoms with Gasteiger partial charge in [-0.1, -0.05) is 35.9 Å². The first-order chi connectivity index (χ1) is 18.9. The number of hydrogen-bond acceptors (Lipinski definition) is 8. The number of carbonyl (C=O) groups is 3. The van der Waals surface area contributed by atoms with Crippen molar-refractivity contribution in [2.45, 2.75) is 6.92 Å². The Hall–Kier alpha value is -4.44. The minimum absolute atomic E-state index is 0.142. The molecule has 202 valence electrons. The van der Waals surface area contributed by atoms with Crippen molar-refractivity contribution < 1.29 is 33.3 Å². The molecule has 1 saturated heterocycles. The highest BCUT2D eigenvalue weighted by atomic mass is 32.2. The molecule has 1 aliphatic rings. The number of para-hydroxylation sites is 2. The summed E-state index contributed by atoms with van der Waals surface area (Å²) in [6.45, 7) is 2.06. The normalized spacial score (nSPS) is 13.9. The van der Waals surface area contributed by atoms with Crippen LogP contribution in [-0.2, 0) is 9.59 Å². The fraction of sp³-hybridized carbons (Fsp3) is 0.207. The number of thioether (sulfide) groups is 1. The van der Waals surface area contributed by atoms with Crippen molar-refractivity contribution in [3.05, 3.63) is 82.8 Å². The summed E-state index contributed by atoms with van der Waals surface area (Å²) in [7, 11) is 3.00. The fourth-order valence-electron chi connectivity index (χ4n) is 3.70. The van der Waals surface area contributed by atoms with Gasteiger partial charge >= 0.3 is 0 Å². The van der Waals surface area contributed by atoms with Crippen LogP contribution >= 0.6 is 11.8 Å². The lowest BCUT2D eigenvalue weighted by molar-refractivity contribution is -0.123. The molecule has 1 fully saturated rings. The topological polar surface area (TPSA) is 103 Å². The minimum atomic E-state index is -0.384. The lowest BCUT2D eigenvalue weighted by atomic mass is 10.2. The number of nitrogens with zero attached hydrogens (tertiary/aromatic N) is 1. The molecule has 3 aromatic carbocycles. The smallest absolute Gasteiger partial charge is 0.293 e. The summed E-state index contributed by atoms with van der Waals surface area (Å²) >= 11 is 0.868. The first kappa shape index (κ1) is 27.6. The highest BCUT2D eigenvalue weighted by molar-refractivity contribution is 8.18. The molecule has 0 aromatic heterocycles. The predicted octanol–water partition coefficient (Wildman–Crippen LogP) is 5.15. The molecule has 1 N–H and O–H groups in total. The number of hydrogen-bond donors (Lipinski definition) is 1. The molecule has 0 saturated carbocycles. The van der Waals surface area contributed by atoms with Crippen LogP contribution in [0.15, 0.2) is 71.6 Å². The summed E-state index contributed by atoms with van der Waals surface area (Å²) in [4.78, 5) is 39.2. The Balaban J connectivity index is 1.35. The monoisotopic (exact) mass is 548 g/mol. The standard InChI is InChI=1S/C29H28N2O7S/c1-19-8-11-21(12-9-19)37-15-14-31-28(33)26(39-29(31)34)17-20-10-13-24(25(16-20)36-3)38-18-27(32)30-22-6-4-5-7-23(22)35-2/h4-13,16-17H,14-15,18H2,1-3H3,(H,30,32)/b26-17-. The Labute approximate surface area is 230 Å². The van der Waals surface area contributed by atoms with Gasteiger partial charge in [0.15, 0.2) is 18.1 Å². The molecule has 39 heavy (non-hydrogen) atoms. The van der Waals surface area contributed by atoms with E-state index in [1.165, 1.54) is 19.1 Å². The maximum absolute atomic E-state index is 12.9. The molecular formula is C29H28N2O7S. The summed E-state index contributed by atoms with van der Waals surface area (Å²) in [5.41, 5.74) is 2.29. The average Bonchev–Trinajstić information content (AvgIpc) is 3.20. The number of aryl methyl sites for hydroxylation is 1. The number of methoxy groups -OCH3 is 2. The molecular weight excluding hydrogens is 520 g/mol. The molecule has 0 radical (unpaired) electrons. The Morgan fingerprint density at radius 2 is 1.67 bits per heavy atom. The summed E-state index contributed by atoms with van der Waals surface area (Å²) < 4.78 is 22.0. The Kier molecular flexibility index (Phi) is 9.11. The van der Waals surface area contributed by atoms with Crippen molar-refractivity contribution in [1.82, 2.24) is 4.90 Å². The summed E-state index contributed by atoms with van der Waals surface area (Å²) in [6, 6.07) is 19.6. The van der Waals surface area contributed by atoms with Crippen LogP contribution in [0.4, 0.5) is 10.5 Å². The molecule has 0 aliphatic carbocycles. The van der Waals surface area contributed by atoms with Crippen LogP contribution in [0.25, 0.3) is 6.08 Å². The van der Waals surface area contributed by atoms with Crippen molar-refractivity contribution in [3.8, 4) is 23.0 Å². The van der Waals surface area contributed by atoms with Crippen molar-refractivity contribution in [2.75, 3.05) is 39.3 Å². The first-order valence-electron chi connectivity index (χ1n) is 12.1. The van der Waals surface area contributed by atoms with E-state index in [2.05, 4.69) is 5.32 Å². The fourth-order valence-corrected chi connectivity index (χ4v) is 4.57. The second-order valence-electron chi connectivity index (χ2n) is 8.44. The molecule has 4 rings (SSSR count). The Morgan fingerprint density at radius 1 is 0.923 bits per heavy atom. The summed E-state index contributed by atoms with van der Waals surface area (Å²) in [6.07, 6.45) is 1.62. The van der Waals surface area contributed by atoms with Gasteiger partial charge in [0, 0.05) is 0 Å². The number of anilines is 1. The summed E-state index contributed by atoms with van der Waals surface area (Å²) in [5, 5.41) is 2.39. The molecule has 0 bridgehead atoms. The zero-order valence-electron chi connectivity index (χ0n) is 21.8. The molecule has 1 aliphatic heterocycles. The number of ether oxygens (including phenoxy) is 4. The van der Waals surface area contributed by atoms with Gasteiger partial charge in [-0.2, -0.15) is 0 Å². The van der Waals surface area contributed by atoms with E-state index >= 15 is 0 Å². The number of carbonyl (C=O) groups excluding carboxylic acids is 3. The second-order valence-corrected chi connectivity index (χ2v) is 9.44. The third-order valence-electron chi connectivity index (χ3n) is 5.70. The Morgan fingerprint density at radius 3 is 2.41 bits per heavy atom. The van der Waals surface area contributed by atoms with E-state index in [0.717, 1.165) is 17.3 Å². The van der Waals surface area contributed by atoms with E-state index in [1.54, 1.807) is 48.5 Å². The van der Waals surface area contributed by atoms with Crippen molar-refractivity contribution >= 4 is 40.6 Å². The highest BCUT2D eigenvalue weighted by Gasteiger charge is 2.34. The third kappa shape index (κ3) is 7.11. The van der Waals surface area contributed by atoms with Crippen molar-refractivity contribution in [3.63, 3.8) is 0 Å². The number of amides is 3. The maximum atomic E-state index is 12.9. The van der Waals surface area contributed by atoms with Crippen LogP contribution in [-0.4, -0.2) is 55.9 Å². The number of nitrogens with one attached hydrogen (secondary N) is 1. The molecule has 0 atom stereocenters. The molecule has 10 heteroatoms. The van der Waals surface area contributed by atoms with E-state index < -0.39 is 0 Å². The van der Waals surface area contributed by atoms with E-state index in [-0.39, 0.29) is 36.8 Å². The van der Waals surface area contributed by atoms with Gasteiger partial charge in [0.25, 0.3) is 17.1 Å². The van der Waals surface area contributed by atoms with Gasteiger partial charge in [0.1, 0.15) is 18.1 Å². The highest BCUT2D eigenvalue weighted by Crippen LogP contribution is 2.34. The minimum Gasteiger partial charge on any atom is -0.495 e. The summed E-state index contributed by atoms with van der Waals surface area (Å²) in [5.74, 6) is 1.19. The molecule has 0 unspecified atom stereocenters. The quantitative estimate of drug-likeness (QED) is 0.329.